The van der Waals surface area contributed by atoms with Crippen LogP contribution >= 0.6 is 11.6 Å². The van der Waals surface area contributed by atoms with Crippen molar-refractivity contribution in [2.75, 3.05) is 18.2 Å². The maximum atomic E-state index is 13.1. The number of amides is 1. The minimum Gasteiger partial charge on any atom is -0.494 e. The number of hydrogen-bond donors (Lipinski definition) is 2. The van der Waals surface area contributed by atoms with E-state index in [2.05, 4.69) is 5.32 Å². The van der Waals surface area contributed by atoms with Gasteiger partial charge in [-0.1, -0.05) is 11.6 Å². The van der Waals surface area contributed by atoms with Gasteiger partial charge < -0.3 is 15.8 Å². The lowest BCUT2D eigenvalue weighted by Crippen LogP contribution is -2.13. The van der Waals surface area contributed by atoms with Crippen LogP contribution in [0.5, 0.6) is 5.75 Å². The molecule has 0 bridgehead atoms. The molecule has 0 unspecified atom stereocenters. The zero-order valence-electron chi connectivity index (χ0n) is 10.6. The lowest BCUT2D eigenvalue weighted by Gasteiger charge is -2.10. The van der Waals surface area contributed by atoms with Gasteiger partial charge in [-0.2, -0.15) is 0 Å². The van der Waals surface area contributed by atoms with Crippen LogP contribution in [0.3, 0.4) is 0 Å². The standard InChI is InChI=1S/C14H12ClFN2O2/c1-20-13-7-9(16)3-5-12(13)18-14(19)8-2-4-10(15)11(17)6-8/h2-7H,17H2,1H3,(H,18,19). The van der Waals surface area contributed by atoms with Crippen LogP contribution in [0.1, 0.15) is 10.4 Å². The summed E-state index contributed by atoms with van der Waals surface area (Å²) in [4.78, 5) is 12.1. The average Bonchev–Trinajstić information content (AvgIpc) is 2.43. The van der Waals surface area contributed by atoms with Gasteiger partial charge in [-0.3, -0.25) is 4.79 Å². The molecule has 0 aliphatic rings. The number of halogens is 2. The number of nitrogen functional groups attached to an aromatic ring is 1. The Morgan fingerprint density at radius 3 is 2.70 bits per heavy atom. The Hall–Kier alpha value is -2.27. The summed E-state index contributed by atoms with van der Waals surface area (Å²) in [7, 11) is 1.39. The van der Waals surface area contributed by atoms with Gasteiger partial charge in [0.2, 0.25) is 0 Å². The van der Waals surface area contributed by atoms with Crippen molar-refractivity contribution in [3.8, 4) is 5.75 Å². The quantitative estimate of drug-likeness (QED) is 0.854. The number of rotatable bonds is 3. The van der Waals surface area contributed by atoms with Gasteiger partial charge in [0, 0.05) is 11.6 Å². The van der Waals surface area contributed by atoms with Crippen LogP contribution in [-0.4, -0.2) is 13.0 Å². The summed E-state index contributed by atoms with van der Waals surface area (Å²) < 4.78 is 18.1. The number of nitrogens with two attached hydrogens (primary N) is 1. The smallest absolute Gasteiger partial charge is 0.255 e. The molecule has 0 saturated carbocycles. The Balaban J connectivity index is 2.25. The Labute approximate surface area is 120 Å². The molecule has 2 aromatic carbocycles. The third-order valence-corrected chi connectivity index (χ3v) is 3.01. The molecule has 0 aliphatic carbocycles. The van der Waals surface area contributed by atoms with Gasteiger partial charge in [-0.15, -0.1) is 0 Å². The van der Waals surface area contributed by atoms with Gasteiger partial charge >= 0.3 is 0 Å². The van der Waals surface area contributed by atoms with Crippen molar-refractivity contribution in [1.82, 2.24) is 0 Å². The highest BCUT2D eigenvalue weighted by atomic mass is 35.5. The first-order valence-corrected chi connectivity index (χ1v) is 6.09. The van der Waals surface area contributed by atoms with Crippen molar-refractivity contribution in [3.63, 3.8) is 0 Å². The highest BCUT2D eigenvalue weighted by molar-refractivity contribution is 6.33. The van der Waals surface area contributed by atoms with E-state index >= 15 is 0 Å². The number of ether oxygens (including phenoxy) is 1. The number of anilines is 2. The third-order valence-electron chi connectivity index (χ3n) is 2.67. The molecular weight excluding hydrogens is 283 g/mol. The maximum Gasteiger partial charge on any atom is 0.255 e. The van der Waals surface area contributed by atoms with Crippen LogP contribution in [0.15, 0.2) is 36.4 Å². The van der Waals surface area contributed by atoms with Gasteiger partial charge in [0.15, 0.2) is 0 Å². The van der Waals surface area contributed by atoms with E-state index in [-0.39, 0.29) is 5.75 Å². The summed E-state index contributed by atoms with van der Waals surface area (Å²) in [6, 6.07) is 8.39. The van der Waals surface area contributed by atoms with Crippen LogP contribution in [0.2, 0.25) is 5.02 Å². The zero-order chi connectivity index (χ0) is 14.7. The molecule has 2 aromatic rings. The number of carbonyl (C=O) groups is 1. The van der Waals surface area contributed by atoms with Crippen molar-refractivity contribution in [2.45, 2.75) is 0 Å². The second-order valence-corrected chi connectivity index (χ2v) is 4.44. The number of nitrogens with one attached hydrogen (secondary N) is 1. The SMILES string of the molecule is COc1cc(F)ccc1NC(=O)c1ccc(Cl)c(N)c1. The molecule has 0 saturated heterocycles. The van der Waals surface area contributed by atoms with Crippen molar-refractivity contribution >= 4 is 28.9 Å². The molecule has 104 valence electrons. The van der Waals surface area contributed by atoms with Crippen LogP contribution in [-0.2, 0) is 0 Å². The first-order valence-electron chi connectivity index (χ1n) is 5.71. The fourth-order valence-corrected chi connectivity index (χ4v) is 1.77. The Morgan fingerprint density at radius 1 is 1.30 bits per heavy atom. The highest BCUT2D eigenvalue weighted by Gasteiger charge is 2.11. The van der Waals surface area contributed by atoms with Gasteiger partial charge in [-0.25, -0.2) is 4.39 Å². The van der Waals surface area contributed by atoms with Crippen LogP contribution < -0.4 is 15.8 Å². The molecule has 0 fully saturated rings. The summed E-state index contributed by atoms with van der Waals surface area (Å²) in [6.45, 7) is 0. The van der Waals surface area contributed by atoms with Gasteiger partial charge in [0.1, 0.15) is 11.6 Å². The summed E-state index contributed by atoms with van der Waals surface area (Å²) in [5.41, 5.74) is 6.67. The average molecular weight is 295 g/mol. The van der Waals surface area contributed by atoms with E-state index in [9.17, 15) is 9.18 Å². The predicted molar refractivity (Wildman–Crippen MR) is 76.8 cm³/mol. The summed E-state index contributed by atoms with van der Waals surface area (Å²) in [6.07, 6.45) is 0. The topological polar surface area (TPSA) is 64.3 Å². The molecule has 0 atom stereocenters. The molecule has 3 N–H and O–H groups in total. The van der Waals surface area contributed by atoms with Crippen LogP contribution in [0, 0.1) is 5.82 Å². The molecular formula is C14H12ClFN2O2. The molecule has 6 heteroatoms. The Bertz CT molecular complexity index is 662. The summed E-state index contributed by atoms with van der Waals surface area (Å²) in [5, 5.41) is 3.00. The fraction of sp³-hybridized carbons (Fsp3) is 0.0714. The molecule has 0 spiro atoms. The first kappa shape index (κ1) is 14.1. The van der Waals surface area contributed by atoms with Crippen molar-refractivity contribution < 1.29 is 13.9 Å². The molecule has 0 radical (unpaired) electrons. The molecule has 4 nitrogen and oxygen atoms in total. The van der Waals surface area contributed by atoms with E-state index in [0.29, 0.717) is 22.0 Å². The summed E-state index contributed by atoms with van der Waals surface area (Å²) >= 11 is 5.79. The van der Waals surface area contributed by atoms with Crippen molar-refractivity contribution in [2.24, 2.45) is 0 Å². The second kappa shape index (κ2) is 5.79. The molecule has 2 rings (SSSR count). The fourth-order valence-electron chi connectivity index (χ4n) is 1.65. The normalized spacial score (nSPS) is 10.2. The van der Waals surface area contributed by atoms with Crippen molar-refractivity contribution in [3.05, 3.63) is 52.8 Å². The summed E-state index contributed by atoms with van der Waals surface area (Å²) in [5.74, 6) is -0.603. The third kappa shape index (κ3) is 3.00. The minimum atomic E-state index is -0.449. The predicted octanol–water partition coefficient (Wildman–Crippen LogP) is 3.32. The van der Waals surface area contributed by atoms with E-state index in [1.165, 1.54) is 37.4 Å². The zero-order valence-corrected chi connectivity index (χ0v) is 11.4. The molecule has 1 amide bonds. The second-order valence-electron chi connectivity index (χ2n) is 4.04. The van der Waals surface area contributed by atoms with Crippen LogP contribution in [0.4, 0.5) is 15.8 Å². The maximum absolute atomic E-state index is 13.1. The number of methoxy groups -OCH3 is 1. The number of hydrogen-bond acceptors (Lipinski definition) is 3. The minimum absolute atomic E-state index is 0.236. The monoisotopic (exact) mass is 294 g/mol. The molecule has 0 aromatic heterocycles. The highest BCUT2D eigenvalue weighted by Crippen LogP contribution is 2.26. The lowest BCUT2D eigenvalue weighted by molar-refractivity contribution is 0.102. The lowest BCUT2D eigenvalue weighted by atomic mass is 10.2. The molecule has 0 heterocycles. The van der Waals surface area contributed by atoms with E-state index in [1.54, 1.807) is 6.07 Å². The van der Waals surface area contributed by atoms with Gasteiger partial charge in [0.05, 0.1) is 23.5 Å². The molecule has 20 heavy (non-hydrogen) atoms. The number of benzene rings is 2. The largest absolute Gasteiger partial charge is 0.494 e. The van der Waals surface area contributed by atoms with Gasteiger partial charge in [-0.05, 0) is 30.3 Å². The number of carbonyl (C=O) groups excluding carboxylic acids is 1. The van der Waals surface area contributed by atoms with Crippen molar-refractivity contribution in [1.29, 1.82) is 0 Å². The van der Waals surface area contributed by atoms with E-state index in [0.717, 1.165) is 0 Å². The first-order chi connectivity index (χ1) is 9.51. The van der Waals surface area contributed by atoms with E-state index in [1.807, 2.05) is 0 Å². The van der Waals surface area contributed by atoms with E-state index < -0.39 is 11.7 Å². The van der Waals surface area contributed by atoms with E-state index in [4.69, 9.17) is 22.1 Å². The van der Waals surface area contributed by atoms with Gasteiger partial charge in [0.25, 0.3) is 5.91 Å². The molecule has 0 aliphatic heterocycles. The Morgan fingerprint density at radius 2 is 2.05 bits per heavy atom. The van der Waals surface area contributed by atoms with Crippen LogP contribution in [0.25, 0.3) is 0 Å². The Kier molecular flexibility index (Phi) is 4.10.